The fourth-order valence-electron chi connectivity index (χ4n) is 1.35. The zero-order chi connectivity index (χ0) is 12.4. The first-order chi connectivity index (χ1) is 7.67. The zero-order valence-electron chi connectivity index (χ0n) is 10.2. The highest BCUT2D eigenvalue weighted by Crippen LogP contribution is 2.11. The molecule has 1 amide bonds. The van der Waals surface area contributed by atoms with Gasteiger partial charge in [0.15, 0.2) is 0 Å². The molecule has 0 spiro atoms. The van der Waals surface area contributed by atoms with Gasteiger partial charge in [0.25, 0.3) is 0 Å². The molecular formula is C14H21NO. The average Bonchev–Trinajstić information content (AvgIpc) is 2.27. The molecule has 0 fully saturated rings. The van der Waals surface area contributed by atoms with Gasteiger partial charge >= 0.3 is 0 Å². The molecule has 2 heteroatoms. The average molecular weight is 219 g/mol. The van der Waals surface area contributed by atoms with Crippen LogP contribution in [0.3, 0.4) is 0 Å². The van der Waals surface area contributed by atoms with Gasteiger partial charge in [-0.3, -0.25) is 4.79 Å². The lowest BCUT2D eigenvalue weighted by Gasteiger charge is -2.04. The fraction of sp³-hybridized carbons (Fsp3) is 0.357. The van der Waals surface area contributed by atoms with Crippen molar-refractivity contribution in [1.29, 1.82) is 0 Å². The predicted octanol–water partition coefficient (Wildman–Crippen LogP) is 3.32. The molecule has 1 aromatic rings. The first-order valence-corrected chi connectivity index (χ1v) is 5.62. The monoisotopic (exact) mass is 219 g/mol. The maximum Gasteiger partial charge on any atom is 0.248 e. The molecule has 0 heterocycles. The third kappa shape index (κ3) is 5.35. The number of benzene rings is 1. The molecule has 0 unspecified atom stereocenters. The van der Waals surface area contributed by atoms with E-state index < -0.39 is 0 Å². The highest BCUT2D eigenvalue weighted by molar-refractivity contribution is 5.94. The Morgan fingerprint density at radius 2 is 2.00 bits per heavy atom. The highest BCUT2D eigenvalue weighted by Gasteiger charge is 2.05. The molecule has 0 radical (unpaired) electrons. The maximum absolute atomic E-state index is 11.0. The first kappa shape index (κ1) is 14.4. The summed E-state index contributed by atoms with van der Waals surface area (Å²) in [5.74, 6) is -0.327. The molecule has 0 aliphatic rings. The van der Waals surface area contributed by atoms with Crippen molar-refractivity contribution in [3.8, 4) is 0 Å². The Kier molecular flexibility index (Phi) is 7.86. The number of rotatable bonds is 4. The van der Waals surface area contributed by atoms with E-state index in [1.807, 2.05) is 25.1 Å². The molecule has 0 atom stereocenters. The molecular weight excluding hydrogens is 198 g/mol. The summed E-state index contributed by atoms with van der Waals surface area (Å²) in [6, 6.07) is 7.54. The van der Waals surface area contributed by atoms with Crippen LogP contribution < -0.4 is 5.73 Å². The second-order valence-corrected chi connectivity index (χ2v) is 3.53. The lowest BCUT2D eigenvalue weighted by Crippen LogP contribution is -2.13. The smallest absolute Gasteiger partial charge is 0.248 e. The lowest BCUT2D eigenvalue weighted by atomic mass is 10.0. The van der Waals surface area contributed by atoms with Crippen LogP contribution in [0, 0.1) is 0 Å². The van der Waals surface area contributed by atoms with E-state index in [0.29, 0.717) is 5.56 Å². The normalized spacial score (nSPS) is 8.88. The fourth-order valence-corrected chi connectivity index (χ4v) is 1.35. The second kappa shape index (κ2) is 8.72. The van der Waals surface area contributed by atoms with E-state index in [1.54, 1.807) is 12.1 Å². The molecule has 0 bridgehead atoms. The van der Waals surface area contributed by atoms with Crippen LogP contribution in [0.1, 0.15) is 42.6 Å². The summed E-state index contributed by atoms with van der Waals surface area (Å²) in [4.78, 5) is 11.0. The van der Waals surface area contributed by atoms with E-state index in [0.717, 1.165) is 24.8 Å². The van der Waals surface area contributed by atoms with Crippen LogP contribution in [0.5, 0.6) is 0 Å². The SMILES string of the molecule is C=CC.CCCCc1ccccc1C(N)=O. The van der Waals surface area contributed by atoms with Gasteiger partial charge in [-0.15, -0.1) is 6.58 Å². The standard InChI is InChI=1S/C11H15NO.C3H6/c1-2-3-6-9-7-4-5-8-10(9)11(12)13;1-3-2/h4-5,7-8H,2-3,6H2,1H3,(H2,12,13);3H,1H2,2H3. The van der Waals surface area contributed by atoms with Crippen molar-refractivity contribution in [3.63, 3.8) is 0 Å². The van der Waals surface area contributed by atoms with E-state index in [2.05, 4.69) is 13.5 Å². The summed E-state index contributed by atoms with van der Waals surface area (Å²) < 4.78 is 0. The van der Waals surface area contributed by atoms with Gasteiger partial charge in [-0.25, -0.2) is 0 Å². The molecule has 1 rings (SSSR count). The summed E-state index contributed by atoms with van der Waals surface area (Å²) in [7, 11) is 0. The highest BCUT2D eigenvalue weighted by atomic mass is 16.1. The second-order valence-electron chi connectivity index (χ2n) is 3.53. The summed E-state index contributed by atoms with van der Waals surface area (Å²) in [6.45, 7) is 7.38. The minimum Gasteiger partial charge on any atom is -0.366 e. The van der Waals surface area contributed by atoms with E-state index in [4.69, 9.17) is 5.73 Å². The minimum atomic E-state index is -0.327. The van der Waals surface area contributed by atoms with Crippen molar-refractivity contribution in [2.24, 2.45) is 5.73 Å². The first-order valence-electron chi connectivity index (χ1n) is 5.62. The van der Waals surface area contributed by atoms with E-state index >= 15 is 0 Å². The molecule has 2 N–H and O–H groups in total. The molecule has 1 aromatic carbocycles. The van der Waals surface area contributed by atoms with Crippen molar-refractivity contribution >= 4 is 5.91 Å². The van der Waals surface area contributed by atoms with Crippen molar-refractivity contribution < 1.29 is 4.79 Å². The molecule has 0 saturated carbocycles. The molecule has 0 aliphatic heterocycles. The predicted molar refractivity (Wildman–Crippen MR) is 69.4 cm³/mol. The van der Waals surface area contributed by atoms with Crippen molar-refractivity contribution in [2.45, 2.75) is 33.1 Å². The number of carbonyl (C=O) groups is 1. The zero-order valence-corrected chi connectivity index (χ0v) is 10.2. The Morgan fingerprint density at radius 3 is 2.50 bits per heavy atom. The van der Waals surface area contributed by atoms with Crippen molar-refractivity contribution in [1.82, 2.24) is 0 Å². The van der Waals surface area contributed by atoms with Gasteiger partial charge in [0.2, 0.25) is 5.91 Å². The van der Waals surface area contributed by atoms with E-state index in [-0.39, 0.29) is 5.91 Å². The van der Waals surface area contributed by atoms with Crippen molar-refractivity contribution in [2.75, 3.05) is 0 Å². The number of carbonyl (C=O) groups excluding carboxylic acids is 1. The van der Waals surface area contributed by atoms with Gasteiger partial charge in [0.1, 0.15) is 0 Å². The van der Waals surface area contributed by atoms with Gasteiger partial charge in [-0.1, -0.05) is 37.6 Å². The van der Waals surface area contributed by atoms with E-state index in [1.165, 1.54) is 0 Å². The third-order valence-electron chi connectivity index (χ3n) is 2.08. The number of amides is 1. The van der Waals surface area contributed by atoms with Gasteiger partial charge in [-0.2, -0.15) is 0 Å². The van der Waals surface area contributed by atoms with Crippen molar-refractivity contribution in [3.05, 3.63) is 48.0 Å². The Labute approximate surface area is 98.2 Å². The van der Waals surface area contributed by atoms with Crippen LogP contribution in [0.15, 0.2) is 36.9 Å². The number of primary amides is 1. The number of hydrogen-bond donors (Lipinski definition) is 1. The molecule has 88 valence electrons. The topological polar surface area (TPSA) is 43.1 Å². The Balaban J connectivity index is 0.000000673. The number of unbranched alkanes of at least 4 members (excludes halogenated alkanes) is 1. The van der Waals surface area contributed by atoms with Crippen LogP contribution in [-0.4, -0.2) is 5.91 Å². The Hall–Kier alpha value is -1.57. The van der Waals surface area contributed by atoms with Crippen LogP contribution in [0.4, 0.5) is 0 Å². The summed E-state index contributed by atoms with van der Waals surface area (Å²) >= 11 is 0. The maximum atomic E-state index is 11.0. The number of nitrogens with two attached hydrogens (primary N) is 1. The van der Waals surface area contributed by atoms with Gasteiger partial charge in [0, 0.05) is 5.56 Å². The molecule has 0 saturated heterocycles. The summed E-state index contributed by atoms with van der Waals surface area (Å²) in [5, 5.41) is 0. The molecule has 16 heavy (non-hydrogen) atoms. The van der Waals surface area contributed by atoms with Gasteiger partial charge in [-0.05, 0) is 31.4 Å². The number of aryl methyl sites for hydroxylation is 1. The summed E-state index contributed by atoms with van der Waals surface area (Å²) in [5.41, 5.74) is 6.98. The molecule has 0 aliphatic carbocycles. The Bertz CT molecular complexity index is 331. The van der Waals surface area contributed by atoms with Crippen LogP contribution in [0.2, 0.25) is 0 Å². The van der Waals surface area contributed by atoms with Crippen LogP contribution >= 0.6 is 0 Å². The van der Waals surface area contributed by atoms with Gasteiger partial charge in [0.05, 0.1) is 0 Å². The van der Waals surface area contributed by atoms with Crippen LogP contribution in [0.25, 0.3) is 0 Å². The van der Waals surface area contributed by atoms with E-state index in [9.17, 15) is 4.79 Å². The van der Waals surface area contributed by atoms with Gasteiger partial charge < -0.3 is 5.73 Å². The largest absolute Gasteiger partial charge is 0.366 e. The summed E-state index contributed by atoms with van der Waals surface area (Å²) in [6.07, 6.45) is 4.92. The third-order valence-corrected chi connectivity index (χ3v) is 2.08. The minimum absolute atomic E-state index is 0.327. The lowest BCUT2D eigenvalue weighted by molar-refractivity contribution is 0.0999. The molecule has 2 nitrogen and oxygen atoms in total. The Morgan fingerprint density at radius 1 is 1.44 bits per heavy atom. The number of hydrogen-bond acceptors (Lipinski definition) is 1. The molecule has 0 aromatic heterocycles. The quantitative estimate of drug-likeness (QED) is 0.775. The number of allylic oxidation sites excluding steroid dienone is 1. The van der Waals surface area contributed by atoms with Crippen LogP contribution in [-0.2, 0) is 6.42 Å².